The monoisotopic (exact) mass is 551 g/mol. The number of anilines is 3. The van der Waals surface area contributed by atoms with Crippen molar-refractivity contribution in [1.29, 1.82) is 0 Å². The van der Waals surface area contributed by atoms with Gasteiger partial charge in [-0.2, -0.15) is 0 Å². The number of aromatic nitrogens is 1. The highest BCUT2D eigenvalue weighted by Gasteiger charge is 2.24. The number of fused-ring (bicyclic) bond motifs is 4. The van der Waals surface area contributed by atoms with E-state index >= 15 is 0 Å². The second-order valence-corrected chi connectivity index (χ2v) is 11.0. The maximum atomic E-state index is 4.63. The summed E-state index contributed by atoms with van der Waals surface area (Å²) in [7, 11) is 0. The number of nitrogens with one attached hydrogen (secondary N) is 1. The average molecular weight is 552 g/mol. The van der Waals surface area contributed by atoms with Crippen molar-refractivity contribution in [3.05, 3.63) is 180 Å². The lowest BCUT2D eigenvalue weighted by Crippen LogP contribution is -2.24. The SMILES string of the molecule is C1=Cc2cccnc2C2NC=C(c3ccc4cc(-c5ccc(N(c6ccccc6)c6ccccc6)cc5)ccc4c3)C=C12. The third kappa shape index (κ3) is 4.71. The summed E-state index contributed by atoms with van der Waals surface area (Å²) in [5.41, 5.74) is 11.7. The number of para-hydroxylation sites is 2. The van der Waals surface area contributed by atoms with Gasteiger partial charge in [-0.15, -0.1) is 0 Å². The smallest absolute Gasteiger partial charge is 0.0942 e. The maximum absolute atomic E-state index is 4.63. The van der Waals surface area contributed by atoms with Crippen LogP contribution in [0.15, 0.2) is 164 Å². The van der Waals surface area contributed by atoms with E-state index < -0.39 is 0 Å². The summed E-state index contributed by atoms with van der Waals surface area (Å²) in [4.78, 5) is 6.92. The molecule has 1 N–H and O–H groups in total. The van der Waals surface area contributed by atoms with Crippen molar-refractivity contribution in [2.75, 3.05) is 4.90 Å². The zero-order chi connectivity index (χ0) is 28.6. The number of allylic oxidation sites excluding steroid dienone is 2. The molecule has 0 amide bonds. The van der Waals surface area contributed by atoms with Crippen LogP contribution in [-0.2, 0) is 0 Å². The lowest BCUT2D eigenvalue weighted by Gasteiger charge is -2.27. The molecule has 6 aromatic rings. The Morgan fingerprint density at radius 1 is 0.558 bits per heavy atom. The summed E-state index contributed by atoms with van der Waals surface area (Å²) in [6.45, 7) is 0. The molecular formula is C40H29N3. The summed E-state index contributed by atoms with van der Waals surface area (Å²) in [6.07, 6.45) is 10.6. The van der Waals surface area contributed by atoms with E-state index in [2.05, 4.69) is 167 Å². The van der Waals surface area contributed by atoms with Crippen molar-refractivity contribution in [2.24, 2.45) is 0 Å². The largest absolute Gasteiger partial charge is 0.378 e. The normalized spacial score (nSPS) is 15.1. The minimum atomic E-state index is 0.104. The summed E-state index contributed by atoms with van der Waals surface area (Å²) < 4.78 is 0. The molecule has 1 aliphatic carbocycles. The number of hydrogen-bond donors (Lipinski definition) is 1. The van der Waals surface area contributed by atoms with Crippen molar-refractivity contribution >= 4 is 39.5 Å². The number of rotatable bonds is 5. The van der Waals surface area contributed by atoms with E-state index in [4.69, 9.17) is 0 Å². The third-order valence-corrected chi connectivity index (χ3v) is 8.32. The highest BCUT2D eigenvalue weighted by Crippen LogP contribution is 2.37. The fraction of sp³-hybridized carbons (Fsp3) is 0.0250. The first-order chi connectivity index (χ1) is 21.3. The van der Waals surface area contributed by atoms with Gasteiger partial charge in [-0.1, -0.05) is 91.0 Å². The number of hydrogen-bond acceptors (Lipinski definition) is 3. The van der Waals surface area contributed by atoms with Crippen LogP contribution in [0.5, 0.6) is 0 Å². The van der Waals surface area contributed by atoms with Gasteiger partial charge < -0.3 is 10.2 Å². The molecule has 204 valence electrons. The molecule has 0 saturated heterocycles. The van der Waals surface area contributed by atoms with Gasteiger partial charge in [0.25, 0.3) is 0 Å². The Morgan fingerprint density at radius 3 is 1.91 bits per heavy atom. The minimum absolute atomic E-state index is 0.104. The van der Waals surface area contributed by atoms with Gasteiger partial charge in [-0.3, -0.25) is 4.98 Å². The van der Waals surface area contributed by atoms with Crippen LogP contribution >= 0.6 is 0 Å². The standard InChI is InChI=1S/C40H29N3/c1-3-9-36(10-4-1)43(37-11-5-2-6-12-37)38-21-19-28(20-22-38)30-14-15-32-25-33(17-16-31(32)24-30)35-26-34-18-13-29-8-7-23-41-39(29)40(34)42-27-35/h1-27,40,42H. The zero-order valence-electron chi connectivity index (χ0n) is 23.6. The predicted molar refractivity (Wildman–Crippen MR) is 179 cm³/mol. The Morgan fingerprint density at radius 2 is 1.19 bits per heavy atom. The summed E-state index contributed by atoms with van der Waals surface area (Å²) >= 11 is 0. The molecule has 0 saturated carbocycles. The van der Waals surface area contributed by atoms with Crippen molar-refractivity contribution in [2.45, 2.75) is 6.04 Å². The van der Waals surface area contributed by atoms with Crippen molar-refractivity contribution in [1.82, 2.24) is 10.3 Å². The molecule has 1 aliphatic heterocycles. The molecule has 0 fully saturated rings. The molecule has 5 aromatic carbocycles. The molecule has 3 nitrogen and oxygen atoms in total. The molecule has 1 atom stereocenters. The Labute approximate surface area is 251 Å². The molecule has 0 spiro atoms. The van der Waals surface area contributed by atoms with Crippen molar-refractivity contribution in [3.63, 3.8) is 0 Å². The second-order valence-electron chi connectivity index (χ2n) is 11.0. The van der Waals surface area contributed by atoms with Gasteiger partial charge in [0.15, 0.2) is 0 Å². The Hall–Kier alpha value is -5.67. The van der Waals surface area contributed by atoms with E-state index in [1.807, 2.05) is 12.3 Å². The lowest BCUT2D eigenvalue weighted by atomic mass is 9.88. The molecular weight excluding hydrogens is 522 g/mol. The van der Waals surface area contributed by atoms with Gasteiger partial charge in [-0.05, 0) is 105 Å². The van der Waals surface area contributed by atoms with Gasteiger partial charge >= 0.3 is 0 Å². The number of pyridine rings is 1. The van der Waals surface area contributed by atoms with E-state index in [-0.39, 0.29) is 6.04 Å². The number of benzene rings is 5. The second kappa shape index (κ2) is 10.6. The number of dihydropyridines is 1. The van der Waals surface area contributed by atoms with E-state index in [9.17, 15) is 0 Å². The van der Waals surface area contributed by atoms with Crippen molar-refractivity contribution in [3.8, 4) is 11.1 Å². The molecule has 0 bridgehead atoms. The highest BCUT2D eigenvalue weighted by atomic mass is 15.1. The van der Waals surface area contributed by atoms with E-state index in [1.165, 1.54) is 44.2 Å². The first-order valence-electron chi connectivity index (χ1n) is 14.7. The molecule has 3 heteroatoms. The molecule has 1 unspecified atom stereocenters. The van der Waals surface area contributed by atoms with Crippen LogP contribution in [0.1, 0.15) is 22.9 Å². The van der Waals surface area contributed by atoms with Crippen LogP contribution in [0.25, 0.3) is 33.5 Å². The predicted octanol–water partition coefficient (Wildman–Crippen LogP) is 10.0. The summed E-state index contributed by atoms with van der Waals surface area (Å²) in [6, 6.07) is 47.6. The van der Waals surface area contributed by atoms with Crippen molar-refractivity contribution < 1.29 is 0 Å². The summed E-state index contributed by atoms with van der Waals surface area (Å²) in [5, 5.41) is 6.04. The fourth-order valence-electron chi connectivity index (χ4n) is 6.13. The van der Waals surface area contributed by atoms with Crippen LogP contribution in [0, 0.1) is 0 Å². The van der Waals surface area contributed by atoms with Gasteiger partial charge in [0.2, 0.25) is 0 Å². The topological polar surface area (TPSA) is 28.2 Å². The van der Waals surface area contributed by atoms with Crippen LogP contribution in [0.2, 0.25) is 0 Å². The molecule has 2 aliphatic rings. The lowest BCUT2D eigenvalue weighted by molar-refractivity contribution is 0.692. The first kappa shape index (κ1) is 25.1. The zero-order valence-corrected chi connectivity index (χ0v) is 23.6. The van der Waals surface area contributed by atoms with E-state index in [1.54, 1.807) is 0 Å². The van der Waals surface area contributed by atoms with Gasteiger partial charge in [-0.25, -0.2) is 0 Å². The molecule has 0 radical (unpaired) electrons. The Kier molecular flexibility index (Phi) is 6.20. The van der Waals surface area contributed by atoms with Gasteiger partial charge in [0, 0.05) is 29.5 Å². The molecule has 2 heterocycles. The maximum Gasteiger partial charge on any atom is 0.0942 e. The van der Waals surface area contributed by atoms with Crippen LogP contribution in [0.3, 0.4) is 0 Å². The average Bonchev–Trinajstić information content (AvgIpc) is 3.09. The minimum Gasteiger partial charge on any atom is -0.378 e. The van der Waals surface area contributed by atoms with E-state index in [0.717, 1.165) is 22.8 Å². The molecule has 8 rings (SSSR count). The van der Waals surface area contributed by atoms with Crippen LogP contribution < -0.4 is 10.2 Å². The Balaban J connectivity index is 1.07. The van der Waals surface area contributed by atoms with Crippen LogP contribution in [-0.4, -0.2) is 4.98 Å². The molecule has 1 aromatic heterocycles. The molecule has 43 heavy (non-hydrogen) atoms. The summed E-state index contributed by atoms with van der Waals surface area (Å²) in [5.74, 6) is 0. The van der Waals surface area contributed by atoms with Gasteiger partial charge in [0.1, 0.15) is 0 Å². The highest BCUT2D eigenvalue weighted by molar-refractivity contribution is 5.92. The van der Waals surface area contributed by atoms with E-state index in [0.29, 0.717) is 0 Å². The first-order valence-corrected chi connectivity index (χ1v) is 14.7. The number of nitrogens with zero attached hydrogens (tertiary/aromatic N) is 2. The quantitative estimate of drug-likeness (QED) is 0.231. The van der Waals surface area contributed by atoms with Gasteiger partial charge in [0.05, 0.1) is 11.7 Å². The van der Waals surface area contributed by atoms with Crippen LogP contribution in [0.4, 0.5) is 17.1 Å². The fourth-order valence-corrected chi connectivity index (χ4v) is 6.13. The Bertz CT molecular complexity index is 2000. The third-order valence-electron chi connectivity index (χ3n) is 8.32.